The molecular formula is C16H18N2O3. The summed E-state index contributed by atoms with van der Waals surface area (Å²) in [5, 5.41) is 3.24. The lowest BCUT2D eigenvalue weighted by Crippen LogP contribution is -2.34. The van der Waals surface area contributed by atoms with E-state index in [1.165, 1.54) is 6.42 Å². The zero-order valence-corrected chi connectivity index (χ0v) is 11.8. The van der Waals surface area contributed by atoms with E-state index in [1.807, 2.05) is 0 Å². The van der Waals surface area contributed by atoms with Gasteiger partial charge in [0.25, 0.3) is 11.1 Å². The normalized spacial score (nSPS) is 16.2. The molecule has 1 fully saturated rings. The first-order valence-electron chi connectivity index (χ1n) is 7.41. The Kier molecular flexibility index (Phi) is 3.73. The maximum absolute atomic E-state index is 12.3. The molecule has 0 aliphatic heterocycles. The van der Waals surface area contributed by atoms with Gasteiger partial charge in [-0.05, 0) is 25.0 Å². The fourth-order valence-corrected chi connectivity index (χ4v) is 3.07. The van der Waals surface area contributed by atoms with Crippen LogP contribution in [0.3, 0.4) is 0 Å². The van der Waals surface area contributed by atoms with Crippen molar-refractivity contribution in [3.8, 4) is 0 Å². The quantitative estimate of drug-likeness (QED) is 0.935. The highest BCUT2D eigenvalue weighted by Crippen LogP contribution is 2.24. The second kappa shape index (κ2) is 5.68. The Balaban J connectivity index is 1.94. The van der Waals surface area contributed by atoms with E-state index in [4.69, 9.17) is 0 Å². The molecule has 1 N–H and O–H groups in total. The number of aromatic nitrogens is 2. The number of nitrogens with zero attached hydrogens (tertiary/aromatic N) is 1. The summed E-state index contributed by atoms with van der Waals surface area (Å²) >= 11 is 0. The monoisotopic (exact) mass is 286 g/mol. The third kappa shape index (κ3) is 2.68. The minimum Gasteiger partial charge on any atom is -0.297 e. The molecule has 1 aromatic carbocycles. The van der Waals surface area contributed by atoms with E-state index in [-0.39, 0.29) is 29.4 Å². The summed E-state index contributed by atoms with van der Waals surface area (Å²) < 4.78 is 1.15. The number of nitrogens with one attached hydrogen (secondary N) is 1. The fourth-order valence-electron chi connectivity index (χ4n) is 3.07. The maximum atomic E-state index is 12.3. The molecule has 1 aliphatic carbocycles. The Morgan fingerprint density at radius 1 is 1.10 bits per heavy atom. The molecule has 2 aromatic rings. The van der Waals surface area contributed by atoms with Crippen LogP contribution < -0.4 is 11.1 Å². The summed E-state index contributed by atoms with van der Waals surface area (Å²) in [6, 6.07) is 6.67. The van der Waals surface area contributed by atoms with Gasteiger partial charge in [0, 0.05) is 5.92 Å². The molecule has 0 spiro atoms. The molecule has 110 valence electrons. The molecule has 5 heteroatoms. The molecule has 1 saturated carbocycles. The summed E-state index contributed by atoms with van der Waals surface area (Å²) in [4.78, 5) is 36.6. The molecule has 21 heavy (non-hydrogen) atoms. The number of Topliss-reactive ketones (excluding diaryl/α,β-unsaturated/α-hetero) is 1. The Morgan fingerprint density at radius 2 is 1.76 bits per heavy atom. The predicted molar refractivity (Wildman–Crippen MR) is 80.4 cm³/mol. The topological polar surface area (TPSA) is 71.9 Å². The number of carbonyl (C=O) groups excluding carboxylic acids is 1. The van der Waals surface area contributed by atoms with Crippen LogP contribution in [0, 0.1) is 5.92 Å². The van der Waals surface area contributed by atoms with E-state index in [2.05, 4.69) is 5.10 Å². The Labute approximate surface area is 121 Å². The predicted octanol–water partition coefficient (Wildman–Crippen LogP) is 1.84. The molecule has 3 rings (SSSR count). The van der Waals surface area contributed by atoms with Crippen molar-refractivity contribution in [3.63, 3.8) is 0 Å². The minimum absolute atomic E-state index is 0.0284. The lowest BCUT2D eigenvalue weighted by molar-refractivity contribution is -0.124. The van der Waals surface area contributed by atoms with Gasteiger partial charge in [0.2, 0.25) is 0 Å². The molecule has 0 unspecified atom stereocenters. The lowest BCUT2D eigenvalue weighted by atomic mass is 9.86. The second-order valence-corrected chi connectivity index (χ2v) is 5.68. The van der Waals surface area contributed by atoms with Crippen LogP contribution in [0.2, 0.25) is 0 Å². The summed E-state index contributed by atoms with van der Waals surface area (Å²) in [7, 11) is 0. The van der Waals surface area contributed by atoms with Gasteiger partial charge in [0.1, 0.15) is 6.54 Å². The number of hydrogen-bond acceptors (Lipinski definition) is 3. The van der Waals surface area contributed by atoms with Crippen molar-refractivity contribution in [3.05, 3.63) is 45.0 Å². The van der Waals surface area contributed by atoms with Crippen molar-refractivity contribution in [2.45, 2.75) is 38.6 Å². The first-order valence-corrected chi connectivity index (χ1v) is 7.41. The SMILES string of the molecule is O=C(Cn1[nH]c(=O)c2ccccc2c1=O)C1CCCCC1. The van der Waals surface area contributed by atoms with Crippen LogP contribution in [0.5, 0.6) is 0 Å². The number of ketones is 1. The van der Waals surface area contributed by atoms with Crippen molar-refractivity contribution in [2.24, 2.45) is 5.92 Å². The van der Waals surface area contributed by atoms with E-state index >= 15 is 0 Å². The van der Waals surface area contributed by atoms with Gasteiger partial charge < -0.3 is 0 Å². The second-order valence-electron chi connectivity index (χ2n) is 5.68. The first-order chi connectivity index (χ1) is 10.2. The van der Waals surface area contributed by atoms with Crippen molar-refractivity contribution in [2.75, 3.05) is 0 Å². The average Bonchev–Trinajstić information content (AvgIpc) is 2.53. The third-order valence-corrected chi connectivity index (χ3v) is 4.26. The summed E-state index contributed by atoms with van der Waals surface area (Å²) in [5.74, 6) is 0.0725. The lowest BCUT2D eigenvalue weighted by Gasteiger charge is -2.20. The summed E-state index contributed by atoms with van der Waals surface area (Å²) in [5.41, 5.74) is -0.643. The first kappa shape index (κ1) is 13.8. The third-order valence-electron chi connectivity index (χ3n) is 4.26. The minimum atomic E-state index is -0.332. The van der Waals surface area contributed by atoms with Crippen molar-refractivity contribution in [1.29, 1.82) is 0 Å². The molecule has 1 aliphatic rings. The molecule has 0 saturated heterocycles. The van der Waals surface area contributed by atoms with E-state index < -0.39 is 0 Å². The van der Waals surface area contributed by atoms with Crippen LogP contribution in [-0.4, -0.2) is 15.6 Å². The maximum Gasteiger partial charge on any atom is 0.273 e. The van der Waals surface area contributed by atoms with Crippen LogP contribution in [0.25, 0.3) is 10.8 Å². The highest BCUT2D eigenvalue weighted by atomic mass is 16.2. The number of H-pyrrole nitrogens is 1. The van der Waals surface area contributed by atoms with Crippen molar-refractivity contribution < 1.29 is 4.79 Å². The molecule has 0 atom stereocenters. The summed E-state index contributed by atoms with van der Waals surface area (Å²) in [6.07, 6.45) is 5.10. The highest BCUT2D eigenvalue weighted by Gasteiger charge is 2.22. The van der Waals surface area contributed by atoms with Gasteiger partial charge >= 0.3 is 0 Å². The van der Waals surface area contributed by atoms with Gasteiger partial charge in [-0.1, -0.05) is 31.4 Å². The van der Waals surface area contributed by atoms with Gasteiger partial charge in [0.05, 0.1) is 10.8 Å². The number of benzene rings is 1. The molecule has 0 amide bonds. The van der Waals surface area contributed by atoms with Gasteiger partial charge in [0.15, 0.2) is 5.78 Å². The van der Waals surface area contributed by atoms with Crippen molar-refractivity contribution in [1.82, 2.24) is 9.78 Å². The molecule has 0 radical (unpaired) electrons. The zero-order chi connectivity index (χ0) is 14.8. The fraction of sp³-hybridized carbons (Fsp3) is 0.438. The van der Waals surface area contributed by atoms with Crippen LogP contribution in [-0.2, 0) is 11.3 Å². The Bertz CT molecular complexity index is 782. The van der Waals surface area contributed by atoms with Crippen LogP contribution >= 0.6 is 0 Å². The van der Waals surface area contributed by atoms with Gasteiger partial charge in [-0.15, -0.1) is 0 Å². The average molecular weight is 286 g/mol. The number of carbonyl (C=O) groups is 1. The van der Waals surface area contributed by atoms with Crippen LogP contribution in [0.15, 0.2) is 33.9 Å². The van der Waals surface area contributed by atoms with E-state index in [1.54, 1.807) is 24.3 Å². The van der Waals surface area contributed by atoms with Gasteiger partial charge in [-0.3, -0.25) is 19.5 Å². The highest BCUT2D eigenvalue weighted by molar-refractivity contribution is 5.82. The number of fused-ring (bicyclic) bond motifs is 1. The smallest absolute Gasteiger partial charge is 0.273 e. The summed E-state index contributed by atoms with van der Waals surface area (Å²) in [6.45, 7) is -0.0381. The van der Waals surface area contributed by atoms with Gasteiger partial charge in [-0.25, -0.2) is 4.68 Å². The largest absolute Gasteiger partial charge is 0.297 e. The van der Waals surface area contributed by atoms with Gasteiger partial charge in [-0.2, -0.15) is 0 Å². The van der Waals surface area contributed by atoms with Crippen LogP contribution in [0.1, 0.15) is 32.1 Å². The van der Waals surface area contributed by atoms with E-state index in [0.29, 0.717) is 10.8 Å². The van der Waals surface area contributed by atoms with Crippen molar-refractivity contribution >= 4 is 16.6 Å². The molecule has 5 nitrogen and oxygen atoms in total. The molecule has 1 heterocycles. The van der Waals surface area contributed by atoms with Crippen LogP contribution in [0.4, 0.5) is 0 Å². The zero-order valence-electron chi connectivity index (χ0n) is 11.8. The Morgan fingerprint density at radius 3 is 2.48 bits per heavy atom. The molecule has 0 bridgehead atoms. The Hall–Kier alpha value is -2.17. The van der Waals surface area contributed by atoms with E-state index in [0.717, 1.165) is 30.4 Å². The molecular weight excluding hydrogens is 268 g/mol. The van der Waals surface area contributed by atoms with E-state index in [9.17, 15) is 14.4 Å². The number of hydrogen-bond donors (Lipinski definition) is 1. The standard InChI is InChI=1S/C16H18N2O3/c19-14(11-6-2-1-3-7-11)10-18-16(21)13-9-5-4-8-12(13)15(20)17-18/h4-5,8-9,11H,1-3,6-7,10H2,(H,17,20). The number of aromatic amines is 1. The molecule has 1 aromatic heterocycles. The number of rotatable bonds is 3.